The van der Waals surface area contributed by atoms with Crippen LogP contribution in [0.4, 0.5) is 0 Å². The third-order valence-electron chi connectivity index (χ3n) is 14.9. The first-order valence-electron chi connectivity index (χ1n) is 23.4. The summed E-state index contributed by atoms with van der Waals surface area (Å²) in [4.78, 5) is 16.5. The van der Waals surface area contributed by atoms with Gasteiger partial charge in [-0.3, -0.25) is 0 Å². The van der Waals surface area contributed by atoms with Crippen LogP contribution >= 0.6 is 0 Å². The minimum absolute atomic E-state index is 0.623. The van der Waals surface area contributed by atoms with Gasteiger partial charge in [0.2, 0.25) is 0 Å². The lowest BCUT2D eigenvalue weighted by Gasteiger charge is -2.49. The number of hydrogen-bond acceptors (Lipinski definition) is 3. The molecule has 0 atom stereocenters. The van der Waals surface area contributed by atoms with E-state index in [1.54, 1.807) is 0 Å². The predicted molar refractivity (Wildman–Crippen MR) is 275 cm³/mol. The predicted octanol–water partition coefficient (Wildman–Crippen LogP) is 15.2. The monoisotopic (exact) mass is 863 g/mol. The number of rotatable bonds is 5. The Hall–Kier alpha value is -8.79. The minimum atomic E-state index is -0.713. The lowest BCUT2D eigenvalue weighted by molar-refractivity contribution is 0.633. The van der Waals surface area contributed by atoms with Crippen molar-refractivity contribution in [3.63, 3.8) is 0 Å². The van der Waals surface area contributed by atoms with Crippen molar-refractivity contribution in [2.24, 2.45) is 0 Å². The molecule has 11 aromatic rings. The summed E-state index contributed by atoms with van der Waals surface area (Å²) in [6, 6.07) is 90.6. The van der Waals surface area contributed by atoms with Gasteiger partial charge in [-0.15, -0.1) is 0 Å². The van der Waals surface area contributed by atoms with E-state index in [0.29, 0.717) is 17.5 Å². The zero-order valence-corrected chi connectivity index (χ0v) is 37.0. The highest BCUT2D eigenvalue weighted by atomic mass is 15.0. The van der Waals surface area contributed by atoms with Crippen molar-refractivity contribution in [1.29, 1.82) is 0 Å². The molecular formula is C65H41N3. The standard InChI is InChI=1S/C65H41N3/c1-3-18-42(19-4-1)44-34-38-46(39-35-44)61-66-62(47-40-36-45(37-41-47)43-20-5-2-6-21-43)68-63(67-61)52-26-17-33-59-60(52)65(55-29-13-9-24-50(55)51-25-10-14-30-56(51)65)58-32-16-15-31-57(58)64(59)53-27-11-7-22-48(53)49-23-8-12-28-54(49)64/h1-41H. The molecule has 2 spiro atoms. The van der Waals surface area contributed by atoms with E-state index in [2.05, 4.69) is 249 Å². The molecule has 0 amide bonds. The summed E-state index contributed by atoms with van der Waals surface area (Å²) in [6.45, 7) is 0. The fraction of sp³-hybridized carbons (Fsp3) is 0.0308. The van der Waals surface area contributed by atoms with Crippen LogP contribution in [0.3, 0.4) is 0 Å². The molecule has 10 aromatic carbocycles. The number of hydrogen-bond donors (Lipinski definition) is 0. The van der Waals surface area contributed by atoms with Gasteiger partial charge in [0.15, 0.2) is 17.5 Å². The molecular weight excluding hydrogens is 823 g/mol. The molecule has 1 heterocycles. The van der Waals surface area contributed by atoms with Gasteiger partial charge in [-0.25, -0.2) is 15.0 Å². The Kier molecular flexibility index (Phi) is 8.41. The van der Waals surface area contributed by atoms with Crippen LogP contribution < -0.4 is 0 Å². The van der Waals surface area contributed by atoms with Gasteiger partial charge in [0.25, 0.3) is 0 Å². The fourth-order valence-electron chi connectivity index (χ4n) is 12.1. The summed E-state index contributed by atoms with van der Waals surface area (Å²) in [5.74, 6) is 1.88. The van der Waals surface area contributed by atoms with Crippen molar-refractivity contribution in [2.75, 3.05) is 0 Å². The molecule has 0 bridgehead atoms. The molecule has 0 N–H and O–H groups in total. The van der Waals surface area contributed by atoms with Crippen LogP contribution in [0.15, 0.2) is 249 Å². The Morgan fingerprint density at radius 3 is 0.926 bits per heavy atom. The summed E-state index contributed by atoms with van der Waals surface area (Å²) in [5, 5.41) is 0. The van der Waals surface area contributed by atoms with Crippen molar-refractivity contribution in [3.05, 3.63) is 293 Å². The zero-order chi connectivity index (χ0) is 44.8. The zero-order valence-electron chi connectivity index (χ0n) is 37.0. The Labute approximate surface area is 395 Å². The van der Waals surface area contributed by atoms with Gasteiger partial charge in [0.1, 0.15) is 0 Å². The Balaban J connectivity index is 1.09. The molecule has 1 aromatic heterocycles. The summed E-state index contributed by atoms with van der Waals surface area (Å²) in [6.07, 6.45) is 0. The Bertz CT molecular complexity index is 3590. The minimum Gasteiger partial charge on any atom is -0.208 e. The van der Waals surface area contributed by atoms with Crippen molar-refractivity contribution in [1.82, 2.24) is 15.0 Å². The second kappa shape index (κ2) is 14.9. The van der Waals surface area contributed by atoms with Crippen LogP contribution in [0.1, 0.15) is 44.5 Å². The maximum absolute atomic E-state index is 5.58. The van der Waals surface area contributed by atoms with Gasteiger partial charge in [-0.2, -0.15) is 0 Å². The molecule has 68 heavy (non-hydrogen) atoms. The Morgan fingerprint density at radius 1 is 0.191 bits per heavy atom. The molecule has 3 heteroatoms. The quantitative estimate of drug-likeness (QED) is 0.173. The second-order valence-electron chi connectivity index (χ2n) is 18.1. The molecule has 0 unspecified atom stereocenters. The summed E-state index contributed by atoms with van der Waals surface area (Å²) >= 11 is 0. The van der Waals surface area contributed by atoms with Crippen molar-refractivity contribution < 1.29 is 0 Å². The molecule has 3 aliphatic rings. The molecule has 3 aliphatic carbocycles. The lowest BCUT2D eigenvalue weighted by Crippen LogP contribution is -2.44. The molecule has 0 saturated carbocycles. The summed E-state index contributed by atoms with van der Waals surface area (Å²) in [7, 11) is 0. The fourth-order valence-corrected chi connectivity index (χ4v) is 12.1. The highest BCUT2D eigenvalue weighted by molar-refractivity contribution is 5.96. The average molecular weight is 864 g/mol. The van der Waals surface area contributed by atoms with E-state index < -0.39 is 10.8 Å². The third kappa shape index (κ3) is 5.33. The van der Waals surface area contributed by atoms with E-state index in [1.807, 2.05) is 0 Å². The largest absolute Gasteiger partial charge is 0.208 e. The van der Waals surface area contributed by atoms with E-state index in [1.165, 1.54) is 66.8 Å². The maximum atomic E-state index is 5.58. The van der Waals surface area contributed by atoms with Gasteiger partial charge >= 0.3 is 0 Å². The summed E-state index contributed by atoms with van der Waals surface area (Å²) in [5.41, 5.74) is 21.2. The van der Waals surface area contributed by atoms with Gasteiger partial charge in [-0.1, -0.05) is 249 Å². The van der Waals surface area contributed by atoms with Gasteiger partial charge in [-0.05, 0) is 89.0 Å². The highest BCUT2D eigenvalue weighted by Gasteiger charge is 2.59. The number of fused-ring (bicyclic) bond motifs is 16. The van der Waals surface area contributed by atoms with E-state index in [9.17, 15) is 0 Å². The third-order valence-corrected chi connectivity index (χ3v) is 14.9. The average Bonchev–Trinajstić information content (AvgIpc) is 3.89. The smallest absolute Gasteiger partial charge is 0.164 e. The molecule has 0 fully saturated rings. The molecule has 14 rings (SSSR count). The van der Waals surface area contributed by atoms with Crippen LogP contribution in [0.5, 0.6) is 0 Å². The van der Waals surface area contributed by atoms with Crippen molar-refractivity contribution in [3.8, 4) is 78.7 Å². The van der Waals surface area contributed by atoms with Crippen LogP contribution in [-0.2, 0) is 10.8 Å². The highest BCUT2D eigenvalue weighted by Crippen LogP contribution is 2.68. The number of benzene rings is 10. The number of nitrogens with zero attached hydrogens (tertiary/aromatic N) is 3. The van der Waals surface area contributed by atoms with Crippen LogP contribution in [0.2, 0.25) is 0 Å². The summed E-state index contributed by atoms with van der Waals surface area (Å²) < 4.78 is 0. The molecule has 316 valence electrons. The van der Waals surface area contributed by atoms with Crippen molar-refractivity contribution >= 4 is 0 Å². The molecule has 0 radical (unpaired) electrons. The van der Waals surface area contributed by atoms with E-state index in [4.69, 9.17) is 15.0 Å². The first kappa shape index (κ1) is 38.5. The lowest BCUT2D eigenvalue weighted by atomic mass is 9.51. The number of aromatic nitrogens is 3. The molecule has 0 saturated heterocycles. The van der Waals surface area contributed by atoms with E-state index in [0.717, 1.165) is 38.9 Å². The van der Waals surface area contributed by atoms with Crippen LogP contribution in [-0.4, -0.2) is 15.0 Å². The van der Waals surface area contributed by atoms with Gasteiger partial charge in [0, 0.05) is 16.7 Å². The van der Waals surface area contributed by atoms with Crippen molar-refractivity contribution in [2.45, 2.75) is 10.8 Å². The van der Waals surface area contributed by atoms with E-state index >= 15 is 0 Å². The first-order chi connectivity index (χ1) is 33.7. The normalized spacial score (nSPS) is 13.8. The van der Waals surface area contributed by atoms with E-state index in [-0.39, 0.29) is 0 Å². The van der Waals surface area contributed by atoms with Crippen LogP contribution in [0, 0.1) is 0 Å². The van der Waals surface area contributed by atoms with Crippen LogP contribution in [0.25, 0.3) is 78.7 Å². The van der Waals surface area contributed by atoms with Gasteiger partial charge < -0.3 is 0 Å². The topological polar surface area (TPSA) is 38.7 Å². The Morgan fingerprint density at radius 2 is 0.485 bits per heavy atom. The second-order valence-corrected chi connectivity index (χ2v) is 18.1. The maximum Gasteiger partial charge on any atom is 0.164 e. The first-order valence-corrected chi connectivity index (χ1v) is 23.4. The molecule has 0 aliphatic heterocycles. The van der Waals surface area contributed by atoms with Gasteiger partial charge in [0.05, 0.1) is 10.8 Å². The molecule has 3 nitrogen and oxygen atoms in total. The SMILES string of the molecule is c1ccc(-c2ccc(-c3nc(-c4ccc(-c5ccccc5)cc4)nc(-c4cccc5c4C4(c6ccccc6-c6ccccc64)c4ccccc4C54c5ccccc5-c5ccccc54)n3)cc2)cc1.